The highest BCUT2D eigenvalue weighted by atomic mass is 16.5. The van der Waals surface area contributed by atoms with Crippen LogP contribution in [0, 0.1) is 37.5 Å². The van der Waals surface area contributed by atoms with Crippen molar-refractivity contribution in [1.82, 2.24) is 4.57 Å². The van der Waals surface area contributed by atoms with E-state index in [4.69, 9.17) is 4.74 Å². The van der Waals surface area contributed by atoms with E-state index in [9.17, 15) is 15.0 Å². The van der Waals surface area contributed by atoms with Crippen molar-refractivity contribution < 1.29 is 19.7 Å². The Morgan fingerprint density at radius 1 is 1.00 bits per heavy atom. The van der Waals surface area contributed by atoms with Crippen molar-refractivity contribution in [3.05, 3.63) is 11.1 Å². The summed E-state index contributed by atoms with van der Waals surface area (Å²) in [6.45, 7) is 3.76. The molecule has 132 valence electrons. The molecule has 4 bridgehead atoms. The first-order valence-electron chi connectivity index (χ1n) is 9.21. The summed E-state index contributed by atoms with van der Waals surface area (Å²) in [5.41, 5.74) is 1.31. The van der Waals surface area contributed by atoms with Gasteiger partial charge in [0.25, 0.3) is 0 Å². The van der Waals surface area contributed by atoms with E-state index in [1.807, 2.05) is 0 Å². The molecule has 0 aliphatic heterocycles. The number of aromatic nitrogens is 1. The van der Waals surface area contributed by atoms with Crippen LogP contribution in [0.2, 0.25) is 0 Å². The summed E-state index contributed by atoms with van der Waals surface area (Å²) >= 11 is 0. The number of aromatic hydroxyl groups is 2. The lowest BCUT2D eigenvalue weighted by Crippen LogP contribution is -2.50. The van der Waals surface area contributed by atoms with Gasteiger partial charge in [0.2, 0.25) is 0 Å². The molecule has 1 heterocycles. The van der Waals surface area contributed by atoms with Crippen molar-refractivity contribution in [2.24, 2.45) is 23.7 Å². The van der Waals surface area contributed by atoms with Gasteiger partial charge < -0.3 is 14.9 Å². The maximum absolute atomic E-state index is 12.3. The number of hydrogen-bond acceptors (Lipinski definition) is 4. The Balaban J connectivity index is 1.37. The molecule has 0 atom stereocenters. The van der Waals surface area contributed by atoms with Gasteiger partial charge >= 0.3 is 5.97 Å². The van der Waals surface area contributed by atoms with Gasteiger partial charge in [0.05, 0.1) is 6.42 Å². The zero-order valence-electron chi connectivity index (χ0n) is 14.5. The Bertz CT molecular complexity index is 609. The Kier molecular flexibility index (Phi) is 3.77. The lowest BCUT2D eigenvalue weighted by atomic mass is 9.55. The molecule has 5 heteroatoms. The molecular formula is C19H27NO4. The van der Waals surface area contributed by atoms with Crippen molar-refractivity contribution >= 4 is 5.97 Å². The molecule has 5 nitrogen and oxygen atoms in total. The second kappa shape index (κ2) is 5.71. The van der Waals surface area contributed by atoms with Crippen LogP contribution >= 0.6 is 0 Å². The maximum atomic E-state index is 12.3. The summed E-state index contributed by atoms with van der Waals surface area (Å²) in [7, 11) is 0. The van der Waals surface area contributed by atoms with Crippen LogP contribution in [-0.2, 0) is 16.1 Å². The van der Waals surface area contributed by atoms with E-state index in [-0.39, 0.29) is 36.8 Å². The SMILES string of the molecule is Cc1c(C)c(O)n(CCC(=O)OC2C3CC4CC(C3)CC2C4)c1O. The highest BCUT2D eigenvalue weighted by Gasteiger charge is 2.49. The highest BCUT2D eigenvalue weighted by Crippen LogP contribution is 2.54. The number of carbonyl (C=O) groups excluding carboxylic acids is 1. The van der Waals surface area contributed by atoms with Gasteiger partial charge in [-0.2, -0.15) is 0 Å². The van der Waals surface area contributed by atoms with E-state index in [0.29, 0.717) is 23.0 Å². The minimum absolute atomic E-state index is 0.0347. The fraction of sp³-hybridized carbons (Fsp3) is 0.737. The average Bonchev–Trinajstić information content (AvgIpc) is 2.72. The molecule has 0 amide bonds. The number of carbonyl (C=O) groups is 1. The molecule has 0 aromatic carbocycles. The molecule has 2 N–H and O–H groups in total. The lowest BCUT2D eigenvalue weighted by molar-refractivity contribution is -0.171. The number of nitrogens with zero attached hydrogens (tertiary/aromatic N) is 1. The van der Waals surface area contributed by atoms with E-state index in [1.54, 1.807) is 13.8 Å². The number of ether oxygens (including phenoxy) is 1. The summed E-state index contributed by atoms with van der Waals surface area (Å²) in [6.07, 6.45) is 6.56. The van der Waals surface area contributed by atoms with Gasteiger partial charge in [0.1, 0.15) is 6.10 Å². The van der Waals surface area contributed by atoms with Crippen molar-refractivity contribution in [2.45, 2.75) is 65.0 Å². The molecule has 0 spiro atoms. The largest absolute Gasteiger partial charge is 0.494 e. The molecule has 4 saturated carbocycles. The van der Waals surface area contributed by atoms with Crippen LogP contribution in [0.5, 0.6) is 11.8 Å². The molecule has 0 unspecified atom stereocenters. The third kappa shape index (κ3) is 2.49. The average molecular weight is 333 g/mol. The Hall–Kier alpha value is -1.65. The third-order valence-corrected chi connectivity index (χ3v) is 6.69. The second-order valence-electron chi connectivity index (χ2n) is 8.18. The van der Waals surface area contributed by atoms with Gasteiger partial charge in [-0.3, -0.25) is 9.36 Å². The molecule has 4 aliphatic carbocycles. The van der Waals surface area contributed by atoms with Gasteiger partial charge in [-0.05, 0) is 69.6 Å². The number of hydrogen-bond donors (Lipinski definition) is 2. The summed E-state index contributed by atoms with van der Waals surface area (Å²) in [4.78, 5) is 12.3. The topological polar surface area (TPSA) is 71.7 Å². The van der Waals surface area contributed by atoms with Crippen LogP contribution in [0.1, 0.15) is 49.7 Å². The van der Waals surface area contributed by atoms with E-state index in [0.717, 1.165) is 11.8 Å². The maximum Gasteiger partial charge on any atom is 0.307 e. The predicted octanol–water partition coefficient (Wildman–Crippen LogP) is 3.27. The Labute approximate surface area is 142 Å². The predicted molar refractivity (Wildman–Crippen MR) is 88.8 cm³/mol. The molecule has 24 heavy (non-hydrogen) atoms. The molecule has 1 aromatic heterocycles. The second-order valence-corrected chi connectivity index (χ2v) is 8.18. The fourth-order valence-corrected chi connectivity index (χ4v) is 5.53. The molecule has 5 rings (SSSR count). The van der Waals surface area contributed by atoms with Crippen molar-refractivity contribution in [3.63, 3.8) is 0 Å². The first-order chi connectivity index (χ1) is 11.4. The van der Waals surface area contributed by atoms with Crippen molar-refractivity contribution in [1.29, 1.82) is 0 Å². The number of rotatable bonds is 4. The normalized spacial score (nSPS) is 33.8. The monoisotopic (exact) mass is 333 g/mol. The first kappa shape index (κ1) is 15.9. The quantitative estimate of drug-likeness (QED) is 0.830. The molecule has 4 fully saturated rings. The minimum Gasteiger partial charge on any atom is -0.494 e. The molecule has 1 aromatic rings. The fourth-order valence-electron chi connectivity index (χ4n) is 5.53. The van der Waals surface area contributed by atoms with Crippen LogP contribution in [0.3, 0.4) is 0 Å². The molecule has 4 aliphatic rings. The van der Waals surface area contributed by atoms with Crippen LogP contribution in [-0.4, -0.2) is 26.9 Å². The molecule has 0 saturated heterocycles. The van der Waals surface area contributed by atoms with Crippen LogP contribution < -0.4 is 0 Å². The minimum atomic E-state index is -0.213. The van der Waals surface area contributed by atoms with Crippen molar-refractivity contribution in [3.8, 4) is 11.8 Å². The molecule has 0 radical (unpaired) electrons. The third-order valence-electron chi connectivity index (χ3n) is 6.69. The smallest absolute Gasteiger partial charge is 0.307 e. The summed E-state index contributed by atoms with van der Waals surface area (Å²) < 4.78 is 7.24. The Morgan fingerprint density at radius 2 is 1.50 bits per heavy atom. The summed E-state index contributed by atoms with van der Waals surface area (Å²) in [6, 6.07) is 0. The zero-order valence-corrected chi connectivity index (χ0v) is 14.5. The first-order valence-corrected chi connectivity index (χ1v) is 9.21. The van der Waals surface area contributed by atoms with E-state index < -0.39 is 0 Å². The lowest BCUT2D eigenvalue weighted by Gasteiger charge is -2.53. The van der Waals surface area contributed by atoms with Gasteiger partial charge in [0, 0.05) is 17.7 Å². The van der Waals surface area contributed by atoms with Gasteiger partial charge in [-0.25, -0.2) is 0 Å². The zero-order chi connectivity index (χ0) is 17.0. The molecular weight excluding hydrogens is 306 g/mol. The van der Waals surface area contributed by atoms with Crippen LogP contribution in [0.25, 0.3) is 0 Å². The van der Waals surface area contributed by atoms with E-state index >= 15 is 0 Å². The van der Waals surface area contributed by atoms with Gasteiger partial charge in [0.15, 0.2) is 11.8 Å². The van der Waals surface area contributed by atoms with Gasteiger partial charge in [-0.1, -0.05) is 0 Å². The number of esters is 1. The Morgan fingerprint density at radius 3 is 2.00 bits per heavy atom. The van der Waals surface area contributed by atoms with E-state index in [1.165, 1.54) is 36.7 Å². The standard InChI is InChI=1S/C19H27NO4/c1-10-11(2)19(23)20(18(10)22)4-3-16(21)24-17-14-6-12-5-13(8-14)9-15(17)7-12/h12-15,17,22-23H,3-9H2,1-2H3. The van der Waals surface area contributed by atoms with Gasteiger partial charge in [-0.15, -0.1) is 0 Å². The van der Waals surface area contributed by atoms with Crippen LogP contribution in [0.4, 0.5) is 0 Å². The summed E-state index contributed by atoms with van der Waals surface area (Å²) in [5.74, 6) is 2.70. The van der Waals surface area contributed by atoms with Crippen LogP contribution in [0.15, 0.2) is 0 Å². The highest BCUT2D eigenvalue weighted by molar-refractivity contribution is 5.69. The van der Waals surface area contributed by atoms with Crippen molar-refractivity contribution in [2.75, 3.05) is 0 Å². The summed E-state index contributed by atoms with van der Waals surface area (Å²) in [5, 5.41) is 20.1. The van der Waals surface area contributed by atoms with E-state index in [2.05, 4.69) is 0 Å².